The van der Waals surface area contributed by atoms with Crippen LogP contribution in [0.1, 0.15) is 88.8 Å². The molecule has 22 rings (SSSR count). The van der Waals surface area contributed by atoms with Gasteiger partial charge >= 0.3 is 6.18 Å². The molecule has 149 heavy (non-hydrogen) atoms. The maximum Gasteiger partial charge on any atom is 0.416 e. The first-order valence-electron chi connectivity index (χ1n) is 48.5. The first kappa shape index (κ1) is 112. The van der Waals surface area contributed by atoms with Gasteiger partial charge in [0.2, 0.25) is 0 Å². The molecular weight excluding hydrogens is 2750 g/mol. The fourth-order valence-electron chi connectivity index (χ4n) is 18.5. The van der Waals surface area contributed by atoms with Crippen LogP contribution < -0.4 is 28.9 Å². The van der Waals surface area contributed by atoms with Crippen molar-refractivity contribution in [2.75, 3.05) is 35.5 Å². The molecule has 0 saturated heterocycles. The van der Waals surface area contributed by atoms with Crippen LogP contribution in [0.2, 0.25) is 0 Å². The van der Waals surface area contributed by atoms with Crippen LogP contribution in [0.4, 0.5) is 68.7 Å². The summed E-state index contributed by atoms with van der Waals surface area (Å²) in [6, 6.07) is 151. The van der Waals surface area contributed by atoms with Gasteiger partial charge in [0.05, 0.1) is 37.8 Å². The number of hydrogen-bond acceptors (Lipinski definition) is 11. The molecule has 11 nitrogen and oxygen atoms in total. The quantitative estimate of drug-likeness (QED) is 0.0294. The number of rotatable bonds is 26. The Hall–Kier alpha value is -13.9. The van der Waals surface area contributed by atoms with Gasteiger partial charge in [-0.25, -0.2) is 4.39 Å². The van der Waals surface area contributed by atoms with Crippen LogP contribution in [-0.2, 0) is 112 Å². The van der Waals surface area contributed by atoms with Crippen molar-refractivity contribution < 1.29 is 132 Å². The van der Waals surface area contributed by atoms with Crippen molar-refractivity contribution in [1.29, 1.82) is 0 Å². The predicted octanol–water partition coefficient (Wildman–Crippen LogP) is 34.8. The van der Waals surface area contributed by atoms with Gasteiger partial charge in [-0.1, -0.05) is 259 Å². The van der Waals surface area contributed by atoms with Crippen molar-refractivity contribution in [3.05, 3.63) is 490 Å². The zero-order chi connectivity index (χ0) is 99.0. The first-order valence-corrected chi connectivity index (χ1v) is 48.5. The third kappa shape index (κ3) is 27.2. The summed E-state index contributed by atoms with van der Waals surface area (Å²) in [6.45, 7) is 6.66. The molecule has 5 aromatic heterocycles. The third-order valence-corrected chi connectivity index (χ3v) is 25.5. The van der Waals surface area contributed by atoms with Gasteiger partial charge in [-0.3, -0.25) is 0 Å². The number of anilines is 9. The second-order valence-electron chi connectivity index (χ2n) is 35.3. The molecule has 5 heterocycles. The van der Waals surface area contributed by atoms with E-state index in [1.54, 1.807) is 34.3 Å². The molecule has 0 N–H and O–H groups in total. The van der Waals surface area contributed by atoms with Gasteiger partial charge in [-0.2, -0.15) is 13.2 Å². The van der Waals surface area contributed by atoms with Crippen molar-refractivity contribution in [2.45, 2.75) is 83.7 Å². The number of nitrogens with zero attached hydrogens (tertiary/aromatic N) is 8. The molecule has 0 saturated carbocycles. The fraction of sp³-hybridized carbons (Fsp3) is 0.124. The maximum atomic E-state index is 14.5. The Morgan fingerprint density at radius 1 is 0.315 bits per heavy atom. The standard InChI is InChI=1S/C31H21N2.C31H34NO.C25H21N2O2.C23H17N2.C19H12F4N.5Ir/c1-3-16-27-23(10-1)12-8-19-30(27)33(31-20-9-13-24-11-2-4-17-28(24)31)26-15-7-14-25(22-26)29-18-5-6-21-32-29;1-2-3-4-5-6-7-8-11-22-33-29-18-13-16-27(24-29)26-15-12-17-28(23-26)31-30-19-10-9-14-25(30)20-21-32-31;1-28-23-13-9-20(10-14-23)27(21-11-15-24(29-2)16-12-21)22-7-5-6-19(18-22)25-8-3-4-17-26-25;1-3-11-20(12-4-1)25(21-13-5-2-6-14-21)22-15-9-10-19(18-22)23-16-7-8-17-24-23;1-18(2)13-7-6-12(19(21,22)23)10-8-9-24-17(15(10)13)11-4-3-5-14(20)16(11)18;;;;;/h1-13,15-22H;9-10,12-16,18-21,23-24H,2-8,11,22H2,1H3;3-5,7-18H,1-2H3;1-9,11-18H;3,5-9H,1-2H3;;;;;/q5*-1;;;;;. The van der Waals surface area contributed by atoms with Gasteiger partial charge in [0.25, 0.3) is 0 Å². The number of halogens is 4. The van der Waals surface area contributed by atoms with E-state index >= 15 is 0 Å². The molecule has 20 heteroatoms. The van der Waals surface area contributed by atoms with Crippen LogP contribution >= 0.6 is 0 Å². The number of benzene rings is 16. The molecule has 757 valence electrons. The number of fused-ring (bicyclic) bond motifs is 5. The van der Waals surface area contributed by atoms with Gasteiger partial charge in [-0.05, 0) is 234 Å². The van der Waals surface area contributed by atoms with Crippen molar-refractivity contribution in [3.63, 3.8) is 0 Å². The Morgan fingerprint density at radius 2 is 0.732 bits per heavy atom. The number of pyridine rings is 5. The van der Waals surface area contributed by atoms with E-state index in [2.05, 4.69) is 307 Å². The van der Waals surface area contributed by atoms with E-state index in [4.69, 9.17) is 14.2 Å². The summed E-state index contributed by atoms with van der Waals surface area (Å²) in [5, 5.41) is 7.70. The molecule has 0 amide bonds. The van der Waals surface area contributed by atoms with E-state index in [1.165, 1.54) is 102 Å². The fourth-order valence-corrected chi connectivity index (χ4v) is 18.5. The normalized spacial score (nSPS) is 11.1. The van der Waals surface area contributed by atoms with Crippen LogP contribution in [0, 0.1) is 36.1 Å². The Bertz CT molecular complexity index is 7710. The third-order valence-electron chi connectivity index (χ3n) is 25.5. The van der Waals surface area contributed by atoms with E-state index in [-0.39, 0.29) is 106 Å². The van der Waals surface area contributed by atoms with Gasteiger partial charge < -0.3 is 53.8 Å². The first-order chi connectivity index (χ1) is 70.7. The number of unbranched alkanes of at least 4 members (excludes halogenated alkanes) is 7. The van der Waals surface area contributed by atoms with E-state index < -0.39 is 23.0 Å². The van der Waals surface area contributed by atoms with Gasteiger partial charge in [0.15, 0.2) is 0 Å². The SMILES string of the molecule is CC1(C)c2c([c-]ccc2F)-c2nccc3c(C(F)(F)F)ccc1c23.CCCCCCCCCCOc1cccc(-c2cc[c-]c(-c3nccc4ccccc34)c2)c1.COc1ccc(N(c2ccc(OC)cc2)c2cc[c-]c(-c3ccccn3)c2)cc1.[Ir].[Ir].[Ir].[Ir].[Ir].[c-]1ccc(N(c2cccc3ccccc23)c2cccc3ccccc23)cc1-c1ccccn1.[c-]1ccc(N(c2ccccc2)c2ccccc2)cc1-c1ccccn1. The molecule has 16 aromatic carbocycles. The molecule has 5 radical (unpaired) electrons. The van der Waals surface area contributed by atoms with Crippen LogP contribution in [0.25, 0.3) is 111 Å². The Kier molecular flexibility index (Phi) is 40.9. The molecule has 21 aromatic rings. The van der Waals surface area contributed by atoms with Crippen molar-refractivity contribution in [1.82, 2.24) is 24.9 Å². The molecule has 0 spiro atoms. The summed E-state index contributed by atoms with van der Waals surface area (Å²) in [5.74, 6) is 2.17. The molecule has 0 bridgehead atoms. The predicted molar refractivity (Wildman–Crippen MR) is 580 cm³/mol. The number of aromatic nitrogens is 5. The van der Waals surface area contributed by atoms with Crippen LogP contribution in [0.5, 0.6) is 17.2 Å². The van der Waals surface area contributed by atoms with Crippen LogP contribution in [0.3, 0.4) is 0 Å². The van der Waals surface area contributed by atoms with Gasteiger partial charge in [-0.15, -0.1) is 149 Å². The summed E-state index contributed by atoms with van der Waals surface area (Å²) < 4.78 is 71.3. The second-order valence-corrected chi connectivity index (χ2v) is 35.3. The number of ether oxygens (including phenoxy) is 3. The van der Waals surface area contributed by atoms with E-state index in [0.29, 0.717) is 27.8 Å². The summed E-state index contributed by atoms with van der Waals surface area (Å²) in [7, 11) is 3.34. The Labute approximate surface area is 937 Å². The number of hydrogen-bond donors (Lipinski definition) is 0. The van der Waals surface area contributed by atoms with E-state index in [9.17, 15) is 17.6 Å². The molecule has 0 atom stereocenters. The van der Waals surface area contributed by atoms with Crippen molar-refractivity contribution in [3.8, 4) is 84.7 Å². The van der Waals surface area contributed by atoms with Crippen molar-refractivity contribution >= 4 is 94.3 Å². The zero-order valence-electron chi connectivity index (χ0n) is 82.4. The molecule has 1 aliphatic carbocycles. The summed E-state index contributed by atoms with van der Waals surface area (Å²) in [5.41, 5.74) is 20.0. The summed E-state index contributed by atoms with van der Waals surface area (Å²) >= 11 is 0. The molecular formula is C129H105F4Ir5N8O3-5. The van der Waals surface area contributed by atoms with Gasteiger partial charge in [0.1, 0.15) is 17.2 Å². The minimum Gasteiger partial charge on any atom is -0.497 e. The van der Waals surface area contributed by atoms with E-state index in [0.717, 1.165) is 149 Å². The summed E-state index contributed by atoms with van der Waals surface area (Å²) in [6.07, 6.45) is 14.7. The Morgan fingerprint density at radius 3 is 1.23 bits per heavy atom. The summed E-state index contributed by atoms with van der Waals surface area (Å²) in [4.78, 5) is 29.1. The number of methoxy groups -OCH3 is 2. The minimum absolute atomic E-state index is 0. The minimum atomic E-state index is -4.47. The average molecular weight is 2850 g/mol. The monoisotopic (exact) mass is 2850 g/mol. The average Bonchev–Trinajstić information content (AvgIpc) is 0.705. The Balaban J connectivity index is 0.000000155. The van der Waals surface area contributed by atoms with Gasteiger partial charge in [0, 0.05) is 171 Å². The molecule has 1 aliphatic rings. The number of para-hydroxylation sites is 2. The smallest absolute Gasteiger partial charge is 0.416 e. The molecule has 0 fully saturated rings. The van der Waals surface area contributed by atoms with Crippen molar-refractivity contribution in [2.24, 2.45) is 0 Å². The largest absolute Gasteiger partial charge is 0.497 e. The van der Waals surface area contributed by atoms with Crippen LogP contribution in [0.15, 0.2) is 437 Å². The second kappa shape index (κ2) is 54.3. The topological polar surface area (TPSA) is 102 Å². The van der Waals surface area contributed by atoms with E-state index in [1.807, 2.05) is 164 Å². The molecule has 0 unspecified atom stereocenters. The molecule has 0 aliphatic heterocycles. The number of alkyl halides is 3. The zero-order valence-corrected chi connectivity index (χ0v) is 94.4. The van der Waals surface area contributed by atoms with Crippen LogP contribution in [-0.4, -0.2) is 45.7 Å². The maximum absolute atomic E-state index is 14.5.